The van der Waals surface area contributed by atoms with E-state index in [2.05, 4.69) is 10.7 Å². The molecular formula is C12H17N3O. The van der Waals surface area contributed by atoms with Crippen molar-refractivity contribution in [3.05, 3.63) is 29.3 Å². The highest BCUT2D eigenvalue weighted by Gasteiger charge is 2.20. The number of benzene rings is 1. The number of hydrogen-bond donors (Lipinski definition) is 3. The molecule has 1 aliphatic carbocycles. The Hall–Kier alpha value is -1.55. The molecule has 4 heteroatoms. The Kier molecular flexibility index (Phi) is 3.10. The first-order valence-electron chi connectivity index (χ1n) is 5.59. The number of hydrogen-bond acceptors (Lipinski definition) is 3. The van der Waals surface area contributed by atoms with E-state index in [9.17, 15) is 4.79 Å². The normalized spacial score (nSPS) is 15.4. The quantitative estimate of drug-likeness (QED) is 0.534. The Morgan fingerprint density at radius 3 is 2.69 bits per heavy atom. The number of amides is 1. The Bertz CT molecular complexity index is 399. The van der Waals surface area contributed by atoms with Crippen LogP contribution in [-0.4, -0.2) is 11.9 Å². The molecule has 1 amide bonds. The van der Waals surface area contributed by atoms with Gasteiger partial charge in [-0.25, -0.2) is 0 Å². The lowest BCUT2D eigenvalue weighted by atomic mass is 9.92. The molecule has 0 atom stereocenters. The van der Waals surface area contributed by atoms with Gasteiger partial charge in [0, 0.05) is 17.3 Å². The van der Waals surface area contributed by atoms with Gasteiger partial charge in [0.1, 0.15) is 0 Å². The van der Waals surface area contributed by atoms with Crippen LogP contribution in [0.5, 0.6) is 0 Å². The predicted octanol–water partition coefficient (Wildman–Crippen LogP) is 1.56. The number of aryl methyl sites for hydroxylation is 1. The molecule has 0 bridgehead atoms. The summed E-state index contributed by atoms with van der Waals surface area (Å²) in [7, 11) is 0. The standard InChI is InChI=1S/C12H17N3O/c1-8-7-10(15-13)5-6-11(8)12(16)14-9-3-2-4-9/h5-7,9,15H,2-4,13H2,1H3,(H,14,16). The summed E-state index contributed by atoms with van der Waals surface area (Å²) >= 11 is 0. The van der Waals surface area contributed by atoms with Crippen molar-refractivity contribution in [2.24, 2.45) is 5.84 Å². The van der Waals surface area contributed by atoms with Gasteiger partial charge in [0.25, 0.3) is 5.91 Å². The molecule has 1 aromatic rings. The molecule has 0 spiro atoms. The van der Waals surface area contributed by atoms with Gasteiger partial charge in [0.15, 0.2) is 0 Å². The number of carbonyl (C=O) groups is 1. The first-order chi connectivity index (χ1) is 7.70. The number of nitrogen functional groups attached to an aromatic ring is 1. The van der Waals surface area contributed by atoms with E-state index in [0.29, 0.717) is 6.04 Å². The van der Waals surface area contributed by atoms with Crippen LogP contribution in [-0.2, 0) is 0 Å². The van der Waals surface area contributed by atoms with E-state index in [1.165, 1.54) is 6.42 Å². The molecular weight excluding hydrogens is 202 g/mol. The lowest BCUT2D eigenvalue weighted by molar-refractivity contribution is 0.0916. The Balaban J connectivity index is 2.09. The molecule has 4 N–H and O–H groups in total. The third-order valence-electron chi connectivity index (χ3n) is 3.08. The summed E-state index contributed by atoms with van der Waals surface area (Å²) in [6, 6.07) is 5.86. The van der Waals surface area contributed by atoms with Crippen LogP contribution in [0.3, 0.4) is 0 Å². The van der Waals surface area contributed by atoms with Crippen LogP contribution >= 0.6 is 0 Å². The Morgan fingerprint density at radius 2 is 2.19 bits per heavy atom. The average Bonchev–Trinajstić information content (AvgIpc) is 2.23. The second-order valence-electron chi connectivity index (χ2n) is 4.28. The summed E-state index contributed by atoms with van der Waals surface area (Å²) in [6.07, 6.45) is 3.43. The maximum atomic E-state index is 11.9. The van der Waals surface area contributed by atoms with E-state index in [-0.39, 0.29) is 5.91 Å². The molecule has 1 saturated carbocycles. The largest absolute Gasteiger partial charge is 0.349 e. The summed E-state index contributed by atoms with van der Waals surface area (Å²) in [6.45, 7) is 1.91. The molecule has 16 heavy (non-hydrogen) atoms. The first kappa shape index (κ1) is 11.0. The molecule has 1 aliphatic rings. The van der Waals surface area contributed by atoms with Crippen molar-refractivity contribution in [1.82, 2.24) is 5.32 Å². The van der Waals surface area contributed by atoms with Gasteiger partial charge in [0.2, 0.25) is 0 Å². The van der Waals surface area contributed by atoms with Gasteiger partial charge in [-0.05, 0) is 49.9 Å². The van der Waals surface area contributed by atoms with E-state index in [1.54, 1.807) is 6.07 Å². The van der Waals surface area contributed by atoms with Gasteiger partial charge in [-0.2, -0.15) is 0 Å². The maximum Gasteiger partial charge on any atom is 0.251 e. The smallest absolute Gasteiger partial charge is 0.251 e. The fourth-order valence-electron chi connectivity index (χ4n) is 1.82. The number of anilines is 1. The molecule has 0 saturated heterocycles. The number of rotatable bonds is 3. The molecule has 1 aromatic carbocycles. The van der Waals surface area contributed by atoms with E-state index in [4.69, 9.17) is 5.84 Å². The molecule has 86 valence electrons. The summed E-state index contributed by atoms with van der Waals surface area (Å²) in [5.41, 5.74) is 5.05. The fourth-order valence-corrected chi connectivity index (χ4v) is 1.82. The summed E-state index contributed by atoms with van der Waals surface area (Å²) in [4.78, 5) is 11.9. The van der Waals surface area contributed by atoms with Crippen molar-refractivity contribution in [3.63, 3.8) is 0 Å². The monoisotopic (exact) mass is 219 g/mol. The van der Waals surface area contributed by atoms with Crippen LogP contribution in [0.25, 0.3) is 0 Å². The molecule has 2 rings (SSSR count). The van der Waals surface area contributed by atoms with E-state index in [0.717, 1.165) is 29.7 Å². The third kappa shape index (κ3) is 2.17. The van der Waals surface area contributed by atoms with E-state index < -0.39 is 0 Å². The van der Waals surface area contributed by atoms with Crippen molar-refractivity contribution in [1.29, 1.82) is 0 Å². The topological polar surface area (TPSA) is 67.1 Å². The van der Waals surface area contributed by atoms with Crippen LogP contribution in [0, 0.1) is 6.92 Å². The van der Waals surface area contributed by atoms with Crippen molar-refractivity contribution in [2.75, 3.05) is 5.43 Å². The van der Waals surface area contributed by atoms with Gasteiger partial charge in [-0.15, -0.1) is 0 Å². The van der Waals surface area contributed by atoms with Crippen LogP contribution in [0.1, 0.15) is 35.2 Å². The maximum absolute atomic E-state index is 11.9. The van der Waals surface area contributed by atoms with Crippen molar-refractivity contribution in [3.8, 4) is 0 Å². The number of nitrogens with two attached hydrogens (primary N) is 1. The predicted molar refractivity (Wildman–Crippen MR) is 64.1 cm³/mol. The van der Waals surface area contributed by atoms with Crippen LogP contribution in [0.2, 0.25) is 0 Å². The van der Waals surface area contributed by atoms with Gasteiger partial charge in [0.05, 0.1) is 0 Å². The molecule has 0 heterocycles. The zero-order valence-corrected chi connectivity index (χ0v) is 9.42. The van der Waals surface area contributed by atoms with Crippen molar-refractivity contribution < 1.29 is 4.79 Å². The minimum atomic E-state index is 0.0192. The first-order valence-corrected chi connectivity index (χ1v) is 5.59. The Morgan fingerprint density at radius 1 is 1.44 bits per heavy atom. The molecule has 0 unspecified atom stereocenters. The highest BCUT2D eigenvalue weighted by Crippen LogP contribution is 2.20. The highest BCUT2D eigenvalue weighted by molar-refractivity contribution is 5.96. The number of nitrogens with one attached hydrogen (secondary N) is 2. The third-order valence-corrected chi connectivity index (χ3v) is 3.08. The Labute approximate surface area is 95.2 Å². The van der Waals surface area contributed by atoms with Gasteiger partial charge in [-0.3, -0.25) is 10.6 Å². The molecule has 1 fully saturated rings. The van der Waals surface area contributed by atoms with Crippen molar-refractivity contribution >= 4 is 11.6 Å². The number of carbonyl (C=O) groups excluding carboxylic acids is 1. The molecule has 0 aromatic heterocycles. The summed E-state index contributed by atoms with van der Waals surface area (Å²) < 4.78 is 0. The van der Waals surface area contributed by atoms with Gasteiger partial charge >= 0.3 is 0 Å². The fraction of sp³-hybridized carbons (Fsp3) is 0.417. The SMILES string of the molecule is Cc1cc(NN)ccc1C(=O)NC1CCC1. The summed E-state index contributed by atoms with van der Waals surface area (Å²) in [5.74, 6) is 5.32. The zero-order valence-electron chi connectivity index (χ0n) is 9.42. The number of hydrazine groups is 1. The van der Waals surface area contributed by atoms with Gasteiger partial charge < -0.3 is 10.7 Å². The summed E-state index contributed by atoms with van der Waals surface area (Å²) in [5, 5.41) is 3.02. The minimum Gasteiger partial charge on any atom is -0.349 e. The van der Waals surface area contributed by atoms with E-state index >= 15 is 0 Å². The highest BCUT2D eigenvalue weighted by atomic mass is 16.1. The minimum absolute atomic E-state index is 0.0192. The average molecular weight is 219 g/mol. The van der Waals surface area contributed by atoms with Crippen LogP contribution < -0.4 is 16.6 Å². The molecule has 0 radical (unpaired) electrons. The lowest BCUT2D eigenvalue weighted by Gasteiger charge is -2.26. The second-order valence-corrected chi connectivity index (χ2v) is 4.28. The second kappa shape index (κ2) is 4.53. The van der Waals surface area contributed by atoms with Crippen molar-refractivity contribution in [2.45, 2.75) is 32.2 Å². The van der Waals surface area contributed by atoms with Crippen LogP contribution in [0.15, 0.2) is 18.2 Å². The lowest BCUT2D eigenvalue weighted by Crippen LogP contribution is -2.39. The van der Waals surface area contributed by atoms with E-state index in [1.807, 2.05) is 19.1 Å². The zero-order chi connectivity index (χ0) is 11.5. The molecule has 4 nitrogen and oxygen atoms in total. The molecule has 0 aliphatic heterocycles. The van der Waals surface area contributed by atoms with Crippen LogP contribution in [0.4, 0.5) is 5.69 Å². The van der Waals surface area contributed by atoms with Gasteiger partial charge in [-0.1, -0.05) is 0 Å².